The van der Waals surface area contributed by atoms with E-state index in [1.807, 2.05) is 11.9 Å². The second-order valence-electron chi connectivity index (χ2n) is 8.46. The largest absolute Gasteiger partial charge is 0.379 e. The summed E-state index contributed by atoms with van der Waals surface area (Å²) in [7, 11) is 1.84. The molecule has 0 unspecified atom stereocenters. The van der Waals surface area contributed by atoms with Crippen LogP contribution in [0.15, 0.2) is 35.7 Å². The molecule has 1 fully saturated rings. The van der Waals surface area contributed by atoms with E-state index in [4.69, 9.17) is 4.74 Å². The number of allylic oxidation sites excluding steroid dienone is 2. The summed E-state index contributed by atoms with van der Waals surface area (Å²) in [6.45, 7) is 7.99. The summed E-state index contributed by atoms with van der Waals surface area (Å²) in [5.74, 6) is -0.572. The standard InChI is InChI=1S/C25H35N3O4/c1-4-6-12-26(3)22-23(25(31)20-11-9-8-10-19(20)24(22)30)28(13-7-5-2)21(29)18-27-14-16-32-17-15-27/h8-11H,4-7,12-18H2,1-3H3. The van der Waals surface area contributed by atoms with E-state index >= 15 is 0 Å². The maximum absolute atomic E-state index is 13.7. The average Bonchev–Trinajstić information content (AvgIpc) is 2.81. The zero-order valence-corrected chi connectivity index (χ0v) is 19.6. The number of likely N-dealkylation sites (N-methyl/N-ethyl adjacent to an activating group) is 1. The minimum absolute atomic E-state index is 0.141. The highest BCUT2D eigenvalue weighted by molar-refractivity contribution is 6.27. The molecule has 0 radical (unpaired) electrons. The molecule has 174 valence electrons. The van der Waals surface area contributed by atoms with E-state index < -0.39 is 0 Å². The number of morpholine rings is 1. The number of nitrogens with zero attached hydrogens (tertiary/aromatic N) is 3. The molecule has 0 atom stereocenters. The van der Waals surface area contributed by atoms with Crippen molar-refractivity contribution >= 4 is 17.5 Å². The van der Waals surface area contributed by atoms with Crippen LogP contribution in [0.4, 0.5) is 0 Å². The van der Waals surface area contributed by atoms with Crippen molar-refractivity contribution in [3.8, 4) is 0 Å². The number of ketones is 2. The molecule has 1 amide bonds. The van der Waals surface area contributed by atoms with Gasteiger partial charge in [0, 0.05) is 44.4 Å². The molecule has 0 saturated carbocycles. The number of hydrogen-bond donors (Lipinski definition) is 0. The summed E-state index contributed by atoms with van der Waals surface area (Å²) in [6.07, 6.45) is 3.51. The van der Waals surface area contributed by atoms with Crippen molar-refractivity contribution in [1.29, 1.82) is 0 Å². The molecule has 0 spiro atoms. The normalized spacial score (nSPS) is 16.8. The van der Waals surface area contributed by atoms with Crippen molar-refractivity contribution in [1.82, 2.24) is 14.7 Å². The number of Topliss-reactive ketones (excluding diaryl/α,β-unsaturated/α-hetero) is 2. The molecule has 1 aromatic rings. The number of amides is 1. The van der Waals surface area contributed by atoms with Crippen LogP contribution in [0, 0.1) is 0 Å². The lowest BCUT2D eigenvalue weighted by atomic mass is 9.89. The highest BCUT2D eigenvalue weighted by atomic mass is 16.5. The predicted octanol–water partition coefficient (Wildman–Crippen LogP) is 2.97. The maximum Gasteiger partial charge on any atom is 0.241 e. The van der Waals surface area contributed by atoms with Gasteiger partial charge in [0.1, 0.15) is 11.4 Å². The van der Waals surface area contributed by atoms with Gasteiger partial charge in [0.2, 0.25) is 17.5 Å². The van der Waals surface area contributed by atoms with Gasteiger partial charge in [0.05, 0.1) is 19.8 Å². The van der Waals surface area contributed by atoms with Gasteiger partial charge in [-0.15, -0.1) is 0 Å². The molecule has 7 nitrogen and oxygen atoms in total. The Morgan fingerprint density at radius 1 is 0.938 bits per heavy atom. The first-order chi connectivity index (χ1) is 15.5. The summed E-state index contributed by atoms with van der Waals surface area (Å²) in [4.78, 5) is 46.2. The molecule has 3 rings (SSSR count). The van der Waals surface area contributed by atoms with Crippen molar-refractivity contribution in [2.45, 2.75) is 39.5 Å². The number of ether oxygens (including phenoxy) is 1. The zero-order valence-electron chi connectivity index (χ0n) is 19.6. The molecule has 1 aliphatic heterocycles. The van der Waals surface area contributed by atoms with E-state index in [1.54, 1.807) is 29.2 Å². The molecule has 1 aromatic carbocycles. The average molecular weight is 442 g/mol. The van der Waals surface area contributed by atoms with Crippen LogP contribution >= 0.6 is 0 Å². The molecule has 0 N–H and O–H groups in total. The van der Waals surface area contributed by atoms with Crippen LogP contribution in [-0.2, 0) is 9.53 Å². The smallest absolute Gasteiger partial charge is 0.241 e. The van der Waals surface area contributed by atoms with Gasteiger partial charge in [-0.05, 0) is 12.8 Å². The third kappa shape index (κ3) is 5.27. The van der Waals surface area contributed by atoms with Crippen molar-refractivity contribution in [2.24, 2.45) is 0 Å². The van der Waals surface area contributed by atoms with Crippen LogP contribution in [0.1, 0.15) is 60.2 Å². The fourth-order valence-electron chi connectivity index (χ4n) is 4.17. The van der Waals surface area contributed by atoms with Crippen LogP contribution in [0.5, 0.6) is 0 Å². The molecular formula is C25H35N3O4. The van der Waals surface area contributed by atoms with Gasteiger partial charge in [-0.1, -0.05) is 51.0 Å². The number of rotatable bonds is 10. The molecule has 1 saturated heterocycles. The Kier molecular flexibility index (Phi) is 8.59. The van der Waals surface area contributed by atoms with Gasteiger partial charge in [-0.3, -0.25) is 19.3 Å². The fraction of sp³-hybridized carbons (Fsp3) is 0.560. The maximum atomic E-state index is 13.7. The number of carbonyl (C=O) groups is 3. The van der Waals surface area contributed by atoms with E-state index in [9.17, 15) is 14.4 Å². The molecule has 0 bridgehead atoms. The summed E-state index contributed by atoms with van der Waals surface area (Å²) in [5.41, 5.74) is 1.36. The Hall–Kier alpha value is -2.51. The molecule has 1 aliphatic carbocycles. The fourth-order valence-corrected chi connectivity index (χ4v) is 4.17. The zero-order chi connectivity index (χ0) is 23.1. The van der Waals surface area contributed by atoms with Crippen molar-refractivity contribution in [3.63, 3.8) is 0 Å². The monoisotopic (exact) mass is 441 g/mol. The number of benzene rings is 1. The quantitative estimate of drug-likeness (QED) is 0.556. The SMILES string of the molecule is CCCCN(C)C1=C(N(CCCC)C(=O)CN2CCOCC2)C(=O)c2ccccc2C1=O. The number of hydrogen-bond acceptors (Lipinski definition) is 6. The molecule has 32 heavy (non-hydrogen) atoms. The third-order valence-corrected chi connectivity index (χ3v) is 6.07. The highest BCUT2D eigenvalue weighted by Gasteiger charge is 2.38. The third-order valence-electron chi connectivity index (χ3n) is 6.07. The molecule has 7 heteroatoms. The minimum Gasteiger partial charge on any atom is -0.379 e. The summed E-state index contributed by atoms with van der Waals surface area (Å²) >= 11 is 0. The Bertz CT molecular complexity index is 874. The second-order valence-corrected chi connectivity index (χ2v) is 8.46. The molecule has 2 aliphatic rings. The minimum atomic E-state index is -0.245. The van der Waals surface area contributed by atoms with Gasteiger partial charge in [0.25, 0.3) is 0 Å². The van der Waals surface area contributed by atoms with E-state index in [0.717, 1.165) is 25.7 Å². The van der Waals surface area contributed by atoms with Crippen molar-refractivity contribution in [2.75, 3.05) is 53.0 Å². The lowest BCUT2D eigenvalue weighted by molar-refractivity contribution is -0.131. The van der Waals surface area contributed by atoms with E-state index in [2.05, 4.69) is 18.7 Å². The number of carbonyl (C=O) groups excluding carboxylic acids is 3. The molecular weight excluding hydrogens is 406 g/mol. The Balaban J connectivity index is 2.04. The van der Waals surface area contributed by atoms with E-state index in [-0.39, 0.29) is 29.7 Å². The Morgan fingerprint density at radius 2 is 1.50 bits per heavy atom. The topological polar surface area (TPSA) is 70.2 Å². The predicted molar refractivity (Wildman–Crippen MR) is 124 cm³/mol. The van der Waals surface area contributed by atoms with E-state index in [0.29, 0.717) is 56.2 Å². The highest BCUT2D eigenvalue weighted by Crippen LogP contribution is 2.30. The molecule has 1 heterocycles. The van der Waals surface area contributed by atoms with Crippen LogP contribution < -0.4 is 0 Å². The van der Waals surface area contributed by atoms with E-state index in [1.165, 1.54) is 0 Å². The second kappa shape index (κ2) is 11.4. The lowest BCUT2D eigenvalue weighted by Gasteiger charge is -2.35. The number of unbranched alkanes of at least 4 members (excludes halogenated alkanes) is 2. The Labute approximate surface area is 191 Å². The van der Waals surface area contributed by atoms with Gasteiger partial charge in [-0.25, -0.2) is 0 Å². The first-order valence-corrected chi connectivity index (χ1v) is 11.7. The van der Waals surface area contributed by atoms with Gasteiger partial charge >= 0.3 is 0 Å². The lowest BCUT2D eigenvalue weighted by Crippen LogP contribution is -2.48. The molecule has 0 aromatic heterocycles. The van der Waals surface area contributed by atoms with Gasteiger partial charge < -0.3 is 14.5 Å². The van der Waals surface area contributed by atoms with Gasteiger partial charge in [-0.2, -0.15) is 0 Å². The van der Waals surface area contributed by atoms with Crippen LogP contribution in [-0.4, -0.2) is 85.2 Å². The number of fused-ring (bicyclic) bond motifs is 1. The summed E-state index contributed by atoms with van der Waals surface area (Å²) in [6, 6.07) is 6.92. The van der Waals surface area contributed by atoms with Crippen LogP contribution in [0.2, 0.25) is 0 Å². The first-order valence-electron chi connectivity index (χ1n) is 11.7. The van der Waals surface area contributed by atoms with Crippen molar-refractivity contribution < 1.29 is 19.1 Å². The first kappa shape index (κ1) is 24.1. The van der Waals surface area contributed by atoms with Crippen LogP contribution in [0.25, 0.3) is 0 Å². The summed E-state index contributed by atoms with van der Waals surface area (Å²) in [5, 5.41) is 0. The van der Waals surface area contributed by atoms with Gasteiger partial charge in [0.15, 0.2) is 0 Å². The van der Waals surface area contributed by atoms with Crippen molar-refractivity contribution in [3.05, 3.63) is 46.8 Å². The summed E-state index contributed by atoms with van der Waals surface area (Å²) < 4.78 is 5.40. The Morgan fingerprint density at radius 3 is 2.09 bits per heavy atom. The van der Waals surface area contributed by atoms with Crippen LogP contribution in [0.3, 0.4) is 0 Å².